The van der Waals surface area contributed by atoms with Gasteiger partial charge in [-0.3, -0.25) is 9.59 Å². The van der Waals surface area contributed by atoms with E-state index in [2.05, 4.69) is 4.98 Å². The average Bonchev–Trinajstić information content (AvgIpc) is 2.94. The van der Waals surface area contributed by atoms with Crippen LogP contribution in [0.4, 0.5) is 0 Å². The third kappa shape index (κ3) is 5.69. The first kappa shape index (κ1) is 23.4. The summed E-state index contributed by atoms with van der Waals surface area (Å²) < 4.78 is 5.11. The Kier molecular flexibility index (Phi) is 8.15. The standard InChI is InChI=1S/C24H37N3O4/c1-4-31-24(30)22-17(2)20(18(3)25-22)11-12-21(28)27-15-9-10-19(16-27)23(29)26-13-7-5-6-8-14-26/h19,25H,4-16H2,1-3H3/t19-/m1/s1. The molecule has 0 aliphatic carbocycles. The van der Waals surface area contributed by atoms with Crippen molar-refractivity contribution in [2.75, 3.05) is 32.8 Å². The minimum atomic E-state index is -0.355. The summed E-state index contributed by atoms with van der Waals surface area (Å²) in [5.74, 6) is -0.102. The van der Waals surface area contributed by atoms with Gasteiger partial charge in [-0.1, -0.05) is 12.8 Å². The number of piperidine rings is 1. The van der Waals surface area contributed by atoms with Gasteiger partial charge in [-0.2, -0.15) is 0 Å². The number of nitrogens with one attached hydrogen (secondary N) is 1. The first-order valence-electron chi connectivity index (χ1n) is 11.8. The van der Waals surface area contributed by atoms with Crippen LogP contribution in [0.1, 0.15) is 79.2 Å². The lowest BCUT2D eigenvalue weighted by Crippen LogP contribution is -2.47. The summed E-state index contributed by atoms with van der Waals surface area (Å²) in [5, 5.41) is 0. The Morgan fingerprint density at radius 2 is 1.68 bits per heavy atom. The number of esters is 1. The molecule has 1 atom stereocenters. The van der Waals surface area contributed by atoms with Gasteiger partial charge in [-0.15, -0.1) is 0 Å². The van der Waals surface area contributed by atoms with E-state index in [4.69, 9.17) is 4.74 Å². The second-order valence-electron chi connectivity index (χ2n) is 8.87. The molecule has 0 saturated carbocycles. The number of rotatable bonds is 6. The molecule has 0 bridgehead atoms. The summed E-state index contributed by atoms with van der Waals surface area (Å²) in [5.41, 5.74) is 3.24. The fraction of sp³-hybridized carbons (Fsp3) is 0.708. The fourth-order valence-electron chi connectivity index (χ4n) is 4.92. The Labute approximate surface area is 185 Å². The normalized spacial score (nSPS) is 19.8. The SMILES string of the molecule is CCOC(=O)c1[nH]c(C)c(CCC(=O)N2CCC[C@@H](C(=O)N3CCCCCC3)C2)c1C. The van der Waals surface area contributed by atoms with Crippen molar-refractivity contribution in [3.8, 4) is 0 Å². The van der Waals surface area contributed by atoms with Gasteiger partial charge in [-0.25, -0.2) is 4.79 Å². The van der Waals surface area contributed by atoms with Crippen molar-refractivity contribution >= 4 is 17.8 Å². The van der Waals surface area contributed by atoms with E-state index in [0.29, 0.717) is 31.7 Å². The number of ether oxygens (including phenoxy) is 1. The van der Waals surface area contributed by atoms with E-state index in [-0.39, 0.29) is 23.7 Å². The van der Waals surface area contributed by atoms with Gasteiger partial charge in [0.2, 0.25) is 11.8 Å². The molecule has 1 aromatic rings. The Morgan fingerprint density at radius 3 is 2.35 bits per heavy atom. The third-order valence-corrected chi connectivity index (χ3v) is 6.70. The summed E-state index contributed by atoms with van der Waals surface area (Å²) >= 11 is 0. The van der Waals surface area contributed by atoms with Crippen LogP contribution in [-0.2, 0) is 20.7 Å². The Morgan fingerprint density at radius 1 is 1.00 bits per heavy atom. The van der Waals surface area contributed by atoms with E-state index in [1.807, 2.05) is 23.6 Å². The second kappa shape index (κ2) is 10.8. The van der Waals surface area contributed by atoms with Crippen LogP contribution in [-0.4, -0.2) is 65.4 Å². The van der Waals surface area contributed by atoms with Gasteiger partial charge in [0, 0.05) is 38.3 Å². The van der Waals surface area contributed by atoms with Gasteiger partial charge in [0.25, 0.3) is 0 Å². The number of likely N-dealkylation sites (tertiary alicyclic amines) is 2. The molecule has 2 fully saturated rings. The molecule has 2 aliphatic heterocycles. The second-order valence-corrected chi connectivity index (χ2v) is 8.87. The molecule has 7 nitrogen and oxygen atoms in total. The van der Waals surface area contributed by atoms with Gasteiger partial charge < -0.3 is 19.5 Å². The fourth-order valence-corrected chi connectivity index (χ4v) is 4.92. The van der Waals surface area contributed by atoms with E-state index in [1.165, 1.54) is 12.8 Å². The van der Waals surface area contributed by atoms with E-state index in [9.17, 15) is 14.4 Å². The maximum absolute atomic E-state index is 13.0. The zero-order valence-electron chi connectivity index (χ0n) is 19.3. The monoisotopic (exact) mass is 431 g/mol. The highest BCUT2D eigenvalue weighted by Gasteiger charge is 2.31. The molecule has 1 aromatic heterocycles. The molecule has 0 spiro atoms. The van der Waals surface area contributed by atoms with Crippen molar-refractivity contribution in [2.24, 2.45) is 5.92 Å². The Balaban J connectivity index is 1.57. The van der Waals surface area contributed by atoms with Gasteiger partial charge in [0.1, 0.15) is 5.69 Å². The number of hydrogen-bond acceptors (Lipinski definition) is 4. The predicted molar refractivity (Wildman–Crippen MR) is 119 cm³/mol. The predicted octanol–water partition coefficient (Wildman–Crippen LogP) is 3.38. The highest BCUT2D eigenvalue weighted by molar-refractivity contribution is 5.90. The highest BCUT2D eigenvalue weighted by atomic mass is 16.5. The van der Waals surface area contributed by atoms with Crippen LogP contribution in [0.15, 0.2) is 0 Å². The van der Waals surface area contributed by atoms with Gasteiger partial charge in [-0.05, 0) is 64.0 Å². The molecule has 7 heteroatoms. The molecule has 31 heavy (non-hydrogen) atoms. The first-order valence-corrected chi connectivity index (χ1v) is 11.8. The van der Waals surface area contributed by atoms with Gasteiger partial charge >= 0.3 is 5.97 Å². The topological polar surface area (TPSA) is 82.7 Å². The molecular weight excluding hydrogens is 394 g/mol. The van der Waals surface area contributed by atoms with Crippen LogP contribution in [0.25, 0.3) is 0 Å². The number of hydrogen-bond donors (Lipinski definition) is 1. The molecule has 1 N–H and O–H groups in total. The number of aromatic nitrogens is 1. The molecule has 2 aliphatic rings. The molecule has 0 aromatic carbocycles. The zero-order chi connectivity index (χ0) is 22.4. The Hall–Kier alpha value is -2.31. The number of amides is 2. The third-order valence-electron chi connectivity index (χ3n) is 6.70. The van der Waals surface area contributed by atoms with Crippen LogP contribution in [0.2, 0.25) is 0 Å². The average molecular weight is 432 g/mol. The molecule has 3 rings (SSSR count). The smallest absolute Gasteiger partial charge is 0.355 e. The number of carbonyl (C=O) groups excluding carboxylic acids is 3. The van der Waals surface area contributed by atoms with E-state index < -0.39 is 0 Å². The minimum absolute atomic E-state index is 0.0676. The number of nitrogens with zero attached hydrogens (tertiary/aromatic N) is 2. The molecule has 0 unspecified atom stereocenters. The van der Waals surface area contributed by atoms with Crippen LogP contribution in [0, 0.1) is 19.8 Å². The van der Waals surface area contributed by atoms with Crippen LogP contribution >= 0.6 is 0 Å². The summed E-state index contributed by atoms with van der Waals surface area (Å²) in [7, 11) is 0. The number of carbonyl (C=O) groups is 3. The van der Waals surface area contributed by atoms with Crippen molar-refractivity contribution in [3.05, 3.63) is 22.5 Å². The maximum atomic E-state index is 13.0. The molecule has 2 saturated heterocycles. The van der Waals surface area contributed by atoms with Crippen LogP contribution < -0.4 is 0 Å². The number of H-pyrrole nitrogens is 1. The quantitative estimate of drug-likeness (QED) is 0.700. The maximum Gasteiger partial charge on any atom is 0.355 e. The molecule has 3 heterocycles. The van der Waals surface area contributed by atoms with Gasteiger partial charge in [0.15, 0.2) is 0 Å². The number of aromatic amines is 1. The molecule has 172 valence electrons. The largest absolute Gasteiger partial charge is 0.461 e. The minimum Gasteiger partial charge on any atom is -0.461 e. The molecule has 0 radical (unpaired) electrons. The van der Waals surface area contributed by atoms with Crippen molar-refractivity contribution in [2.45, 2.75) is 72.1 Å². The van der Waals surface area contributed by atoms with Crippen LogP contribution in [0.5, 0.6) is 0 Å². The lowest BCUT2D eigenvalue weighted by molar-refractivity contribution is -0.140. The van der Waals surface area contributed by atoms with Crippen molar-refractivity contribution in [1.29, 1.82) is 0 Å². The lowest BCUT2D eigenvalue weighted by atomic mass is 9.95. The van der Waals surface area contributed by atoms with Crippen molar-refractivity contribution in [1.82, 2.24) is 14.8 Å². The van der Waals surface area contributed by atoms with E-state index in [0.717, 1.165) is 62.1 Å². The highest BCUT2D eigenvalue weighted by Crippen LogP contribution is 2.24. The molecular formula is C24H37N3O4. The Bertz CT molecular complexity index is 793. The summed E-state index contributed by atoms with van der Waals surface area (Å²) in [6, 6.07) is 0. The van der Waals surface area contributed by atoms with E-state index in [1.54, 1.807) is 6.92 Å². The summed E-state index contributed by atoms with van der Waals surface area (Å²) in [6.45, 7) is 8.91. The van der Waals surface area contributed by atoms with Crippen molar-refractivity contribution in [3.63, 3.8) is 0 Å². The molecule has 2 amide bonds. The van der Waals surface area contributed by atoms with Gasteiger partial charge in [0.05, 0.1) is 12.5 Å². The zero-order valence-corrected chi connectivity index (χ0v) is 19.3. The summed E-state index contributed by atoms with van der Waals surface area (Å²) in [4.78, 5) is 45.0. The first-order chi connectivity index (χ1) is 14.9. The van der Waals surface area contributed by atoms with E-state index >= 15 is 0 Å². The summed E-state index contributed by atoms with van der Waals surface area (Å²) in [6.07, 6.45) is 7.29. The lowest BCUT2D eigenvalue weighted by Gasteiger charge is -2.35. The van der Waals surface area contributed by atoms with Crippen LogP contribution in [0.3, 0.4) is 0 Å². The van der Waals surface area contributed by atoms with Crippen molar-refractivity contribution < 1.29 is 19.1 Å². The number of aryl methyl sites for hydroxylation is 1.